The summed E-state index contributed by atoms with van der Waals surface area (Å²) in [5, 5.41) is 0. The highest BCUT2D eigenvalue weighted by Gasteiger charge is 2.25. The van der Waals surface area contributed by atoms with Crippen LogP contribution in [0.15, 0.2) is 30.3 Å². The number of ether oxygens (including phenoxy) is 1. The maximum absolute atomic E-state index is 11.9. The molecule has 0 bridgehead atoms. The average molecular weight is 250 g/mol. The third-order valence-electron chi connectivity index (χ3n) is 3.72. The minimum absolute atomic E-state index is 0.107. The summed E-state index contributed by atoms with van der Waals surface area (Å²) in [6, 6.07) is 9.80. The Labute approximate surface area is 110 Å². The summed E-state index contributed by atoms with van der Waals surface area (Å²) in [6.45, 7) is 10.1. The van der Waals surface area contributed by atoms with Gasteiger partial charge in [0.05, 0.1) is 19.6 Å². The largest absolute Gasteiger partial charge is 0.457 e. The van der Waals surface area contributed by atoms with Crippen molar-refractivity contribution in [2.24, 2.45) is 0 Å². The van der Waals surface area contributed by atoms with Crippen LogP contribution in [0.25, 0.3) is 0 Å². The van der Waals surface area contributed by atoms with E-state index in [2.05, 4.69) is 20.8 Å². The minimum atomic E-state index is -0.107. The summed E-state index contributed by atoms with van der Waals surface area (Å²) >= 11 is 0. The zero-order chi connectivity index (χ0) is 13.4. The Morgan fingerprint density at radius 2 is 1.61 bits per heavy atom. The number of quaternary nitrogens is 1. The number of carbonyl (C=O) groups is 1. The molecule has 0 saturated heterocycles. The molecule has 1 aromatic rings. The van der Waals surface area contributed by atoms with Gasteiger partial charge in [-0.3, -0.25) is 0 Å². The van der Waals surface area contributed by atoms with E-state index in [1.54, 1.807) is 0 Å². The van der Waals surface area contributed by atoms with E-state index in [9.17, 15) is 4.79 Å². The van der Waals surface area contributed by atoms with E-state index in [0.717, 1.165) is 29.7 Å². The standard InChI is InChI=1S/C15H24NO2/c1-4-16(5-2,6-3)12-15(17)18-13-14-10-8-7-9-11-14/h7-11H,4-6,12-13H2,1-3H3/q+1. The highest BCUT2D eigenvalue weighted by molar-refractivity contribution is 5.70. The van der Waals surface area contributed by atoms with Crippen molar-refractivity contribution in [3.8, 4) is 0 Å². The topological polar surface area (TPSA) is 26.3 Å². The van der Waals surface area contributed by atoms with E-state index in [0.29, 0.717) is 13.2 Å². The van der Waals surface area contributed by atoms with Gasteiger partial charge in [-0.1, -0.05) is 30.3 Å². The number of rotatable bonds is 7. The number of carbonyl (C=O) groups excluding carboxylic acids is 1. The summed E-state index contributed by atoms with van der Waals surface area (Å²) in [7, 11) is 0. The Bertz CT molecular complexity index is 350. The number of hydrogen-bond donors (Lipinski definition) is 0. The predicted molar refractivity (Wildman–Crippen MR) is 73.0 cm³/mol. The summed E-state index contributed by atoms with van der Waals surface area (Å²) in [4.78, 5) is 11.9. The van der Waals surface area contributed by atoms with Crippen molar-refractivity contribution >= 4 is 5.97 Å². The van der Waals surface area contributed by atoms with E-state index in [1.165, 1.54) is 0 Å². The van der Waals surface area contributed by atoms with Crippen LogP contribution in [-0.4, -0.2) is 36.6 Å². The van der Waals surface area contributed by atoms with Crippen molar-refractivity contribution in [2.75, 3.05) is 26.2 Å². The van der Waals surface area contributed by atoms with Crippen molar-refractivity contribution in [1.82, 2.24) is 0 Å². The van der Waals surface area contributed by atoms with Gasteiger partial charge in [-0.2, -0.15) is 0 Å². The summed E-state index contributed by atoms with van der Waals surface area (Å²) < 4.78 is 6.13. The van der Waals surface area contributed by atoms with Crippen LogP contribution < -0.4 is 0 Å². The van der Waals surface area contributed by atoms with Crippen LogP contribution in [0.5, 0.6) is 0 Å². The molecule has 0 aliphatic rings. The molecule has 0 radical (unpaired) electrons. The van der Waals surface area contributed by atoms with Gasteiger partial charge in [0.1, 0.15) is 6.61 Å². The second kappa shape index (κ2) is 7.17. The number of nitrogens with zero attached hydrogens (tertiary/aromatic N) is 1. The smallest absolute Gasteiger partial charge is 0.362 e. The first-order chi connectivity index (χ1) is 8.65. The highest BCUT2D eigenvalue weighted by Crippen LogP contribution is 2.07. The Morgan fingerprint density at radius 3 is 2.11 bits per heavy atom. The number of benzene rings is 1. The van der Waals surface area contributed by atoms with Crippen molar-refractivity contribution < 1.29 is 14.0 Å². The van der Waals surface area contributed by atoms with Crippen LogP contribution in [-0.2, 0) is 16.1 Å². The van der Waals surface area contributed by atoms with Gasteiger partial charge >= 0.3 is 5.97 Å². The fourth-order valence-electron chi connectivity index (χ4n) is 2.06. The molecule has 0 amide bonds. The molecule has 1 aromatic carbocycles. The van der Waals surface area contributed by atoms with Crippen molar-refractivity contribution in [1.29, 1.82) is 0 Å². The Hall–Kier alpha value is -1.35. The molecule has 3 heteroatoms. The SMILES string of the molecule is CC[N+](CC)(CC)CC(=O)OCc1ccccc1. The monoisotopic (exact) mass is 250 g/mol. The van der Waals surface area contributed by atoms with Crippen LogP contribution in [0.4, 0.5) is 0 Å². The van der Waals surface area contributed by atoms with Crippen LogP contribution in [0, 0.1) is 0 Å². The van der Waals surface area contributed by atoms with E-state index < -0.39 is 0 Å². The normalized spacial score (nSPS) is 11.3. The van der Waals surface area contributed by atoms with Gasteiger partial charge in [0.15, 0.2) is 6.54 Å². The molecule has 0 aliphatic heterocycles. The van der Waals surface area contributed by atoms with Gasteiger partial charge in [-0.05, 0) is 26.3 Å². The molecule has 0 atom stereocenters. The van der Waals surface area contributed by atoms with Crippen LogP contribution in [0.2, 0.25) is 0 Å². The van der Waals surface area contributed by atoms with Crippen LogP contribution in [0.3, 0.4) is 0 Å². The van der Waals surface area contributed by atoms with E-state index in [-0.39, 0.29) is 5.97 Å². The number of likely N-dealkylation sites (N-methyl/N-ethyl adjacent to an activating group) is 1. The van der Waals surface area contributed by atoms with Gasteiger partial charge < -0.3 is 9.22 Å². The molecule has 0 fully saturated rings. The van der Waals surface area contributed by atoms with Gasteiger partial charge in [-0.15, -0.1) is 0 Å². The first kappa shape index (κ1) is 14.7. The lowest BCUT2D eigenvalue weighted by Crippen LogP contribution is -2.51. The molecule has 0 aliphatic carbocycles. The second-order valence-electron chi connectivity index (χ2n) is 4.59. The van der Waals surface area contributed by atoms with Crippen molar-refractivity contribution in [3.63, 3.8) is 0 Å². The third-order valence-corrected chi connectivity index (χ3v) is 3.72. The Balaban J connectivity index is 2.46. The molecule has 18 heavy (non-hydrogen) atoms. The first-order valence-corrected chi connectivity index (χ1v) is 6.70. The zero-order valence-electron chi connectivity index (χ0n) is 11.7. The lowest BCUT2D eigenvalue weighted by molar-refractivity contribution is -0.916. The summed E-state index contributed by atoms with van der Waals surface area (Å²) in [6.07, 6.45) is 0. The van der Waals surface area contributed by atoms with Crippen LogP contribution >= 0.6 is 0 Å². The average Bonchev–Trinajstić information content (AvgIpc) is 2.44. The molecule has 0 heterocycles. The van der Waals surface area contributed by atoms with E-state index >= 15 is 0 Å². The molecular weight excluding hydrogens is 226 g/mol. The first-order valence-electron chi connectivity index (χ1n) is 6.70. The van der Waals surface area contributed by atoms with Gasteiger partial charge in [0, 0.05) is 0 Å². The number of esters is 1. The molecule has 100 valence electrons. The quantitative estimate of drug-likeness (QED) is 0.549. The van der Waals surface area contributed by atoms with E-state index in [1.807, 2.05) is 30.3 Å². The van der Waals surface area contributed by atoms with Crippen molar-refractivity contribution in [3.05, 3.63) is 35.9 Å². The summed E-state index contributed by atoms with van der Waals surface area (Å²) in [5.41, 5.74) is 1.04. The fourth-order valence-corrected chi connectivity index (χ4v) is 2.06. The number of hydrogen-bond acceptors (Lipinski definition) is 2. The Morgan fingerprint density at radius 1 is 1.06 bits per heavy atom. The Kier molecular flexibility index (Phi) is 5.86. The lowest BCUT2D eigenvalue weighted by atomic mass is 10.2. The molecule has 0 aromatic heterocycles. The van der Waals surface area contributed by atoms with Crippen LogP contribution in [0.1, 0.15) is 26.3 Å². The summed E-state index contributed by atoms with van der Waals surface area (Å²) in [5.74, 6) is -0.107. The second-order valence-corrected chi connectivity index (χ2v) is 4.59. The molecule has 0 saturated carbocycles. The molecular formula is C15H24NO2+. The molecule has 1 rings (SSSR count). The maximum Gasteiger partial charge on any atom is 0.362 e. The molecule has 0 spiro atoms. The molecule has 3 nitrogen and oxygen atoms in total. The highest BCUT2D eigenvalue weighted by atomic mass is 16.5. The lowest BCUT2D eigenvalue weighted by Gasteiger charge is -2.34. The molecule has 0 unspecified atom stereocenters. The zero-order valence-corrected chi connectivity index (χ0v) is 11.7. The maximum atomic E-state index is 11.9. The fraction of sp³-hybridized carbons (Fsp3) is 0.533. The van der Waals surface area contributed by atoms with Crippen molar-refractivity contribution in [2.45, 2.75) is 27.4 Å². The van der Waals surface area contributed by atoms with Gasteiger partial charge in [0.25, 0.3) is 0 Å². The van der Waals surface area contributed by atoms with E-state index in [4.69, 9.17) is 4.74 Å². The van der Waals surface area contributed by atoms with Gasteiger partial charge in [-0.25, -0.2) is 4.79 Å². The minimum Gasteiger partial charge on any atom is -0.457 e. The third kappa shape index (κ3) is 4.15. The van der Waals surface area contributed by atoms with Gasteiger partial charge in [0.2, 0.25) is 0 Å². The molecule has 0 N–H and O–H groups in total. The predicted octanol–water partition coefficient (Wildman–Crippen LogP) is 2.61.